The van der Waals surface area contributed by atoms with E-state index < -0.39 is 0 Å². The molecule has 0 atom stereocenters. The molecule has 0 heterocycles. The minimum atomic E-state index is -0.208. The van der Waals surface area contributed by atoms with E-state index in [0.717, 1.165) is 10.5 Å². The van der Waals surface area contributed by atoms with Crippen molar-refractivity contribution in [2.75, 3.05) is 0 Å². The van der Waals surface area contributed by atoms with E-state index in [2.05, 4.69) is 26.0 Å². The molecule has 0 amide bonds. The lowest BCUT2D eigenvalue weighted by Crippen LogP contribution is -1.97. The fraction of sp³-hybridized carbons (Fsp3) is 0.250. The smallest absolute Gasteiger partial charge is 0.137 e. The lowest BCUT2D eigenvalue weighted by atomic mass is 10.0. The van der Waals surface area contributed by atoms with E-state index in [9.17, 15) is 4.39 Å². The normalized spacial score (nSPS) is 11.0. The zero-order valence-electron chi connectivity index (χ0n) is 11.2. The number of benzene rings is 2. The summed E-state index contributed by atoms with van der Waals surface area (Å²) in [5, 5.41) is 0. The van der Waals surface area contributed by atoms with Crippen molar-refractivity contribution in [1.29, 1.82) is 0 Å². The lowest BCUT2D eigenvalue weighted by molar-refractivity contribution is 0.599. The predicted molar refractivity (Wildman–Crippen MR) is 78.9 cm³/mol. The van der Waals surface area contributed by atoms with E-state index in [1.807, 2.05) is 18.2 Å². The van der Waals surface area contributed by atoms with Gasteiger partial charge in [-0.25, -0.2) is 4.39 Å². The van der Waals surface area contributed by atoms with Gasteiger partial charge in [-0.2, -0.15) is 0 Å². The Bertz CT molecular complexity index is 549. The molecule has 0 aromatic heterocycles. The number of rotatable bonds is 4. The third-order valence-corrected chi connectivity index (χ3v) is 4.07. The zero-order valence-corrected chi connectivity index (χ0v) is 12.0. The second-order valence-electron chi connectivity index (χ2n) is 4.79. The van der Waals surface area contributed by atoms with Crippen LogP contribution in [0.4, 0.5) is 4.39 Å². The molecular weight excluding hydrogens is 257 g/mol. The molecule has 3 heteroatoms. The summed E-state index contributed by atoms with van der Waals surface area (Å²) in [5.41, 5.74) is 7.60. The van der Waals surface area contributed by atoms with Crippen LogP contribution in [-0.2, 0) is 6.54 Å². The van der Waals surface area contributed by atoms with Gasteiger partial charge in [0.25, 0.3) is 0 Å². The topological polar surface area (TPSA) is 26.0 Å². The maximum absolute atomic E-state index is 13.9. The number of hydrogen-bond donors (Lipinski definition) is 1. The summed E-state index contributed by atoms with van der Waals surface area (Å²) in [4.78, 5) is 1.68. The summed E-state index contributed by atoms with van der Waals surface area (Å²) in [5.74, 6) is 0.306. The summed E-state index contributed by atoms with van der Waals surface area (Å²) in [6, 6.07) is 13.4. The molecule has 0 radical (unpaired) electrons. The van der Waals surface area contributed by atoms with Gasteiger partial charge in [0.15, 0.2) is 0 Å². The largest absolute Gasteiger partial charge is 0.326 e. The molecule has 0 bridgehead atoms. The maximum Gasteiger partial charge on any atom is 0.137 e. The number of nitrogens with two attached hydrogens (primary N) is 1. The minimum Gasteiger partial charge on any atom is -0.326 e. The molecule has 0 spiro atoms. The molecule has 0 aliphatic rings. The molecule has 2 rings (SSSR count). The Morgan fingerprint density at radius 3 is 2.32 bits per heavy atom. The average molecular weight is 275 g/mol. The van der Waals surface area contributed by atoms with Crippen LogP contribution in [0.3, 0.4) is 0 Å². The Morgan fingerprint density at radius 2 is 1.79 bits per heavy atom. The fourth-order valence-corrected chi connectivity index (χ4v) is 2.62. The maximum atomic E-state index is 13.9. The van der Waals surface area contributed by atoms with Crippen LogP contribution in [0.2, 0.25) is 0 Å². The lowest BCUT2D eigenvalue weighted by Gasteiger charge is -2.08. The molecule has 2 aromatic rings. The van der Waals surface area contributed by atoms with Crippen LogP contribution in [0, 0.1) is 5.82 Å². The van der Waals surface area contributed by atoms with E-state index in [1.165, 1.54) is 23.4 Å². The highest BCUT2D eigenvalue weighted by Gasteiger charge is 2.06. The summed E-state index contributed by atoms with van der Waals surface area (Å²) in [6.07, 6.45) is 0. The van der Waals surface area contributed by atoms with Crippen LogP contribution in [0.5, 0.6) is 0 Å². The molecule has 0 fully saturated rings. The van der Waals surface area contributed by atoms with Crippen LogP contribution in [0.25, 0.3) is 0 Å². The van der Waals surface area contributed by atoms with Crippen LogP contribution in [-0.4, -0.2) is 0 Å². The number of hydrogen-bond acceptors (Lipinski definition) is 2. The van der Waals surface area contributed by atoms with E-state index >= 15 is 0 Å². The Balaban J connectivity index is 2.16. The van der Waals surface area contributed by atoms with Gasteiger partial charge in [-0.15, -0.1) is 0 Å². The van der Waals surface area contributed by atoms with Crippen LogP contribution in [0.15, 0.2) is 52.3 Å². The van der Waals surface area contributed by atoms with Gasteiger partial charge in [-0.1, -0.05) is 43.8 Å². The second kappa shape index (κ2) is 6.22. The Labute approximate surface area is 118 Å². The first-order chi connectivity index (χ1) is 9.10. The molecule has 2 N–H and O–H groups in total. The molecule has 0 saturated carbocycles. The summed E-state index contributed by atoms with van der Waals surface area (Å²) < 4.78 is 13.9. The first-order valence-corrected chi connectivity index (χ1v) is 7.18. The van der Waals surface area contributed by atoms with Crippen molar-refractivity contribution in [3.05, 3.63) is 59.4 Å². The second-order valence-corrected chi connectivity index (χ2v) is 5.91. The van der Waals surface area contributed by atoms with E-state index in [4.69, 9.17) is 5.73 Å². The molecule has 2 aromatic carbocycles. The van der Waals surface area contributed by atoms with Crippen molar-refractivity contribution < 1.29 is 4.39 Å². The first-order valence-electron chi connectivity index (χ1n) is 6.36. The quantitative estimate of drug-likeness (QED) is 0.885. The Hall–Kier alpha value is -1.32. The van der Waals surface area contributed by atoms with Gasteiger partial charge < -0.3 is 5.73 Å². The van der Waals surface area contributed by atoms with Gasteiger partial charge in [0.05, 0.1) is 0 Å². The van der Waals surface area contributed by atoms with Crippen LogP contribution >= 0.6 is 11.8 Å². The van der Waals surface area contributed by atoms with Crippen molar-refractivity contribution in [3.63, 3.8) is 0 Å². The monoisotopic (exact) mass is 275 g/mol. The van der Waals surface area contributed by atoms with Crippen molar-refractivity contribution in [3.8, 4) is 0 Å². The van der Waals surface area contributed by atoms with E-state index in [1.54, 1.807) is 6.07 Å². The van der Waals surface area contributed by atoms with Crippen LogP contribution < -0.4 is 5.73 Å². The van der Waals surface area contributed by atoms with Gasteiger partial charge >= 0.3 is 0 Å². The zero-order chi connectivity index (χ0) is 13.8. The van der Waals surface area contributed by atoms with Gasteiger partial charge in [0.2, 0.25) is 0 Å². The summed E-state index contributed by atoms with van der Waals surface area (Å²) in [7, 11) is 0. The third-order valence-electron chi connectivity index (χ3n) is 3.01. The van der Waals surface area contributed by atoms with Gasteiger partial charge in [0, 0.05) is 16.3 Å². The highest BCUT2D eigenvalue weighted by atomic mass is 32.2. The standard InChI is InChI=1S/C16H18FNS/c1-11(2)13-4-6-14(7-5-13)19-16-8-3-12(10-18)9-15(16)17/h3-9,11H,10,18H2,1-2H3. The average Bonchev–Trinajstić information content (AvgIpc) is 2.41. The highest BCUT2D eigenvalue weighted by molar-refractivity contribution is 7.99. The molecule has 0 saturated heterocycles. The molecule has 0 aliphatic carbocycles. The van der Waals surface area contributed by atoms with Crippen molar-refractivity contribution in [2.45, 2.75) is 36.1 Å². The molecular formula is C16H18FNS. The Morgan fingerprint density at radius 1 is 1.11 bits per heavy atom. The molecule has 1 nitrogen and oxygen atoms in total. The number of halogens is 1. The molecule has 0 unspecified atom stereocenters. The minimum absolute atomic E-state index is 0.208. The van der Waals surface area contributed by atoms with Crippen LogP contribution in [0.1, 0.15) is 30.9 Å². The SMILES string of the molecule is CC(C)c1ccc(Sc2ccc(CN)cc2F)cc1. The van der Waals surface area contributed by atoms with Crippen molar-refractivity contribution in [1.82, 2.24) is 0 Å². The van der Waals surface area contributed by atoms with Gasteiger partial charge in [-0.3, -0.25) is 0 Å². The fourth-order valence-electron chi connectivity index (χ4n) is 1.80. The Kier molecular flexibility index (Phi) is 4.61. The molecule has 19 heavy (non-hydrogen) atoms. The third kappa shape index (κ3) is 3.58. The first kappa shape index (κ1) is 14.1. The summed E-state index contributed by atoms with van der Waals surface area (Å²) in [6.45, 7) is 4.69. The molecule has 0 aliphatic heterocycles. The van der Waals surface area contributed by atoms with Crippen molar-refractivity contribution in [2.24, 2.45) is 5.73 Å². The van der Waals surface area contributed by atoms with E-state index in [-0.39, 0.29) is 5.82 Å². The van der Waals surface area contributed by atoms with Gasteiger partial charge in [0.1, 0.15) is 5.82 Å². The summed E-state index contributed by atoms with van der Waals surface area (Å²) >= 11 is 1.44. The van der Waals surface area contributed by atoms with E-state index in [0.29, 0.717) is 17.4 Å². The van der Waals surface area contributed by atoms with Gasteiger partial charge in [-0.05, 0) is 41.3 Å². The predicted octanol–water partition coefficient (Wildman–Crippen LogP) is 4.56. The molecule has 100 valence electrons. The van der Waals surface area contributed by atoms with Crippen molar-refractivity contribution >= 4 is 11.8 Å². The highest BCUT2D eigenvalue weighted by Crippen LogP contribution is 2.31.